The number of aromatic nitrogens is 2. The predicted octanol–water partition coefficient (Wildman–Crippen LogP) is 10.7. The van der Waals surface area contributed by atoms with Crippen molar-refractivity contribution in [3.05, 3.63) is 78.1 Å². The summed E-state index contributed by atoms with van der Waals surface area (Å²) in [5, 5.41) is 16.6. The van der Waals surface area contributed by atoms with Crippen molar-refractivity contribution in [3.63, 3.8) is 0 Å². The van der Waals surface area contributed by atoms with Crippen molar-refractivity contribution in [3.8, 4) is 0 Å². The number of rotatable bonds is 8. The summed E-state index contributed by atoms with van der Waals surface area (Å²) >= 11 is 0. The molecule has 4 nitrogen and oxygen atoms in total. The maximum Gasteiger partial charge on any atom is 0.164 e. The molecule has 3 heterocycles. The Hall–Kier alpha value is -3.05. The first-order valence-corrected chi connectivity index (χ1v) is 19.9. The Labute approximate surface area is 291 Å². The SMILES string of the molecule is CCC(C)(CC)C(=O)/C=C(\O)C(C)(CC)CC.[2H]c1nc2c3[c-]c(C)cc4c5ccccc5n(c5cc([Si](C)(C)C)cc(c1[2H])c25)c34.[Ir]. The van der Waals surface area contributed by atoms with Crippen LogP contribution in [-0.2, 0) is 24.9 Å². The van der Waals surface area contributed by atoms with Crippen LogP contribution in [0.1, 0.15) is 75.5 Å². The minimum atomic E-state index is -1.65. The first-order chi connectivity index (χ1) is 22.0. The quantitative estimate of drug-likeness (QED) is 0.0416. The van der Waals surface area contributed by atoms with Gasteiger partial charge in [-0.1, -0.05) is 108 Å². The molecule has 0 saturated carbocycles. The molecule has 1 N–H and O–H groups in total. The molecule has 0 bridgehead atoms. The fraction of sp³-hybridized carbons (Fsp3) is 0.400. The number of allylic oxidation sites excluding steroid dienone is 2. The number of pyridine rings is 2. The number of aliphatic hydroxyl groups excluding tert-OH is 1. The van der Waals surface area contributed by atoms with Gasteiger partial charge < -0.3 is 14.5 Å². The Morgan fingerprint density at radius 3 is 2.22 bits per heavy atom. The number of benzene rings is 3. The van der Waals surface area contributed by atoms with E-state index in [2.05, 4.69) is 84.5 Å². The van der Waals surface area contributed by atoms with Crippen LogP contribution in [0, 0.1) is 23.8 Å². The van der Waals surface area contributed by atoms with Gasteiger partial charge >= 0.3 is 0 Å². The molecule has 0 aliphatic carbocycles. The van der Waals surface area contributed by atoms with Crippen molar-refractivity contribution in [2.24, 2.45) is 10.8 Å². The zero-order valence-electron chi connectivity index (χ0n) is 31.0. The van der Waals surface area contributed by atoms with Gasteiger partial charge in [0, 0.05) is 54.2 Å². The minimum Gasteiger partial charge on any atom is -0.512 e. The number of hydrogen-bond donors (Lipinski definition) is 1. The van der Waals surface area contributed by atoms with Gasteiger partial charge in [-0.15, -0.1) is 17.7 Å². The Kier molecular flexibility index (Phi) is 9.44. The maximum absolute atomic E-state index is 12.2. The van der Waals surface area contributed by atoms with E-state index in [1.54, 1.807) is 0 Å². The molecule has 3 aromatic heterocycles. The van der Waals surface area contributed by atoms with E-state index in [9.17, 15) is 9.90 Å². The van der Waals surface area contributed by atoms with Crippen molar-refractivity contribution in [1.82, 2.24) is 9.38 Å². The third kappa shape index (κ3) is 6.05. The monoisotopic (exact) mass is 812 g/mol. The second-order valence-electron chi connectivity index (χ2n) is 14.2. The van der Waals surface area contributed by atoms with Crippen LogP contribution in [0.15, 0.2) is 66.5 Å². The van der Waals surface area contributed by atoms with Crippen LogP contribution >= 0.6 is 0 Å². The molecule has 6 rings (SSSR count). The zero-order valence-corrected chi connectivity index (χ0v) is 32.4. The third-order valence-electron chi connectivity index (χ3n) is 10.5. The van der Waals surface area contributed by atoms with Crippen molar-refractivity contribution in [2.45, 2.75) is 93.8 Å². The fourth-order valence-electron chi connectivity index (χ4n) is 6.24. The van der Waals surface area contributed by atoms with Gasteiger partial charge in [-0.3, -0.25) is 4.79 Å². The van der Waals surface area contributed by atoms with E-state index < -0.39 is 8.07 Å². The van der Waals surface area contributed by atoms with Gasteiger partial charge in [0.25, 0.3) is 0 Å². The largest absolute Gasteiger partial charge is 0.512 e. The van der Waals surface area contributed by atoms with Crippen molar-refractivity contribution in [2.75, 3.05) is 0 Å². The molecule has 0 unspecified atom stereocenters. The predicted molar refractivity (Wildman–Crippen MR) is 196 cm³/mol. The number of carbonyl (C=O) groups is 1. The smallest absolute Gasteiger partial charge is 0.164 e. The first kappa shape index (κ1) is 32.9. The molecule has 1 radical (unpaired) electrons. The molecule has 0 fully saturated rings. The van der Waals surface area contributed by atoms with Crippen LogP contribution in [0.2, 0.25) is 19.6 Å². The molecule has 6 aromatic rings. The van der Waals surface area contributed by atoms with E-state index in [0.29, 0.717) is 0 Å². The average molecular weight is 812 g/mol. The summed E-state index contributed by atoms with van der Waals surface area (Å²) in [6, 6.07) is 18.9. The molecule has 46 heavy (non-hydrogen) atoms. The Bertz CT molecular complexity index is 2170. The summed E-state index contributed by atoms with van der Waals surface area (Å²) in [4.78, 5) is 16.8. The van der Waals surface area contributed by atoms with Crippen LogP contribution in [-0.4, -0.2) is 28.3 Å². The van der Waals surface area contributed by atoms with Gasteiger partial charge in [0.05, 0.1) is 10.8 Å². The number of nitrogens with zero attached hydrogens (tertiary/aromatic N) is 2. The normalized spacial score (nSPS) is 13.7. The maximum atomic E-state index is 12.2. The van der Waals surface area contributed by atoms with E-state index in [1.807, 2.05) is 41.5 Å². The molecule has 0 saturated heterocycles. The second-order valence-corrected chi connectivity index (χ2v) is 19.3. The van der Waals surface area contributed by atoms with Gasteiger partial charge in [0.2, 0.25) is 0 Å². The van der Waals surface area contributed by atoms with E-state index >= 15 is 0 Å². The van der Waals surface area contributed by atoms with Gasteiger partial charge in [0.15, 0.2) is 5.78 Å². The van der Waals surface area contributed by atoms with Crippen molar-refractivity contribution >= 4 is 68.0 Å². The van der Waals surface area contributed by atoms with E-state index in [1.165, 1.54) is 22.0 Å². The topological polar surface area (TPSA) is 54.6 Å². The van der Waals surface area contributed by atoms with E-state index in [4.69, 9.17) is 2.74 Å². The van der Waals surface area contributed by atoms with Crippen LogP contribution in [0.3, 0.4) is 0 Å². The van der Waals surface area contributed by atoms with Crippen molar-refractivity contribution < 1.29 is 32.7 Å². The number of carbonyl (C=O) groups excluding carboxylic acids is 1. The van der Waals surface area contributed by atoms with Crippen LogP contribution in [0.25, 0.3) is 49.0 Å². The van der Waals surface area contributed by atoms with E-state index in [-0.39, 0.29) is 54.7 Å². The van der Waals surface area contributed by atoms with Gasteiger partial charge in [-0.25, -0.2) is 0 Å². The minimum absolute atomic E-state index is 0. The summed E-state index contributed by atoms with van der Waals surface area (Å²) in [6.07, 6.45) is 4.79. The summed E-state index contributed by atoms with van der Waals surface area (Å²) in [6.45, 7) is 21.1. The summed E-state index contributed by atoms with van der Waals surface area (Å²) < 4.78 is 19.4. The number of hydrogen-bond acceptors (Lipinski definition) is 3. The molecule has 0 amide bonds. The van der Waals surface area contributed by atoms with Crippen molar-refractivity contribution in [1.29, 1.82) is 0 Å². The zero-order chi connectivity index (χ0) is 34.6. The molecule has 0 aliphatic rings. The van der Waals surface area contributed by atoms with Crippen LogP contribution in [0.5, 0.6) is 0 Å². The molecular weight excluding hydrogens is 761 g/mol. The average Bonchev–Trinajstić information content (AvgIpc) is 3.38. The number of fused-ring (bicyclic) bond motifs is 5. The molecular formula is C40H49IrN2O2Si-. The summed E-state index contributed by atoms with van der Waals surface area (Å²) in [5.74, 6) is 0.286. The molecule has 3 aromatic carbocycles. The molecule has 6 heteroatoms. The van der Waals surface area contributed by atoms with E-state index in [0.717, 1.165) is 69.5 Å². The third-order valence-corrected chi connectivity index (χ3v) is 12.5. The number of para-hydroxylation sites is 1. The molecule has 245 valence electrons. The Balaban J connectivity index is 0.000000251. The number of aryl methyl sites for hydroxylation is 1. The van der Waals surface area contributed by atoms with Gasteiger partial charge in [-0.2, -0.15) is 0 Å². The second kappa shape index (κ2) is 13.2. The van der Waals surface area contributed by atoms with Crippen LogP contribution in [0.4, 0.5) is 0 Å². The Morgan fingerprint density at radius 1 is 0.978 bits per heavy atom. The van der Waals surface area contributed by atoms with Gasteiger partial charge in [0.1, 0.15) is 5.76 Å². The Morgan fingerprint density at radius 2 is 1.61 bits per heavy atom. The number of ketones is 1. The fourth-order valence-corrected chi connectivity index (χ4v) is 7.38. The summed E-state index contributed by atoms with van der Waals surface area (Å²) in [5.41, 5.74) is 4.58. The molecule has 0 aliphatic heterocycles. The molecule has 0 atom stereocenters. The van der Waals surface area contributed by atoms with Crippen LogP contribution < -0.4 is 5.19 Å². The first-order valence-electron chi connectivity index (χ1n) is 17.4. The number of aliphatic hydroxyl groups is 1. The molecule has 0 spiro atoms. The standard InChI is InChI=1S/C25H21N2Si.C15H28O2.Ir/c1-15-11-19-18-7-5-6-8-21(18)27-22-14-17(28(2,3)4)13-16-9-10-26-24(23(16)22)20(12-15)25(19)27;1-7-14(5,8-2)12(16)11-13(17)15(6,9-3)10-4;/h5-11,13-14H,1-4H3;11,16H,7-10H2,1-6H3;/q-1;;/b;12-11-;/i9D,10D;;. The van der Waals surface area contributed by atoms with Gasteiger partial charge in [-0.05, 0) is 71.1 Å². The summed E-state index contributed by atoms with van der Waals surface area (Å²) in [7, 11) is -1.65.